The molecule has 1 amide bonds. The van der Waals surface area contributed by atoms with Crippen molar-refractivity contribution in [3.8, 4) is 0 Å². The molecule has 1 N–H and O–H groups in total. The van der Waals surface area contributed by atoms with Crippen molar-refractivity contribution in [2.24, 2.45) is 0 Å². The number of alkyl halides is 2. The van der Waals surface area contributed by atoms with E-state index in [9.17, 15) is 18.0 Å². The lowest BCUT2D eigenvalue weighted by Crippen LogP contribution is -2.50. The van der Waals surface area contributed by atoms with Crippen LogP contribution in [-0.2, 0) is 4.74 Å². The largest absolute Gasteiger partial charge is 0.443 e. The van der Waals surface area contributed by atoms with E-state index >= 15 is 0 Å². The molecule has 2 rings (SSSR count). The maximum atomic E-state index is 13.7. The molecular formula is C11H9ClF3NO2. The van der Waals surface area contributed by atoms with E-state index in [1.165, 1.54) is 6.07 Å². The molecule has 98 valence electrons. The van der Waals surface area contributed by atoms with Crippen molar-refractivity contribution in [1.82, 2.24) is 5.32 Å². The number of ether oxygens (including phenoxy) is 1. The molecule has 3 nitrogen and oxygen atoms in total. The highest BCUT2D eigenvalue weighted by Gasteiger charge is 2.48. The number of aryl methyl sites for hydroxylation is 1. The number of alkyl carbamates (subject to hydrolysis) is 1. The first-order valence-electron chi connectivity index (χ1n) is 5.08. The van der Waals surface area contributed by atoms with E-state index in [4.69, 9.17) is 11.6 Å². The van der Waals surface area contributed by atoms with E-state index in [1.807, 2.05) is 5.32 Å². The second-order valence-electron chi connectivity index (χ2n) is 4.01. The molecule has 1 saturated heterocycles. The zero-order valence-corrected chi connectivity index (χ0v) is 10.0. The van der Waals surface area contributed by atoms with Gasteiger partial charge in [-0.15, -0.1) is 0 Å². The molecule has 18 heavy (non-hydrogen) atoms. The van der Waals surface area contributed by atoms with Gasteiger partial charge in [-0.05, 0) is 18.6 Å². The van der Waals surface area contributed by atoms with Gasteiger partial charge in [-0.2, -0.15) is 0 Å². The standard InChI is InChI=1S/C11H9ClF3NO2/c1-5-2-3-6(13)7(8(5)12)9-11(14,15)4-18-10(17)16-9/h2-3,9H,4H2,1H3,(H,16,17)/t9-/m1/s1. The number of rotatable bonds is 1. The van der Waals surface area contributed by atoms with Crippen molar-refractivity contribution in [3.05, 3.63) is 34.1 Å². The van der Waals surface area contributed by atoms with Crippen LogP contribution in [-0.4, -0.2) is 18.6 Å². The minimum atomic E-state index is -3.42. The SMILES string of the molecule is Cc1ccc(F)c([C@H]2NC(=O)OCC2(F)F)c1Cl. The van der Waals surface area contributed by atoms with Crippen molar-refractivity contribution >= 4 is 17.7 Å². The zero-order valence-electron chi connectivity index (χ0n) is 9.27. The molecule has 0 radical (unpaired) electrons. The Balaban J connectivity index is 2.52. The third-order valence-electron chi connectivity index (χ3n) is 2.69. The Bertz CT molecular complexity index is 507. The van der Waals surface area contributed by atoms with Crippen molar-refractivity contribution in [3.63, 3.8) is 0 Å². The first-order valence-corrected chi connectivity index (χ1v) is 5.46. The molecule has 1 aromatic rings. The normalized spacial score (nSPS) is 22.3. The Morgan fingerprint density at radius 1 is 1.50 bits per heavy atom. The van der Waals surface area contributed by atoms with Crippen LogP contribution in [0.5, 0.6) is 0 Å². The smallest absolute Gasteiger partial charge is 0.408 e. The minimum absolute atomic E-state index is 0.123. The number of carbonyl (C=O) groups excluding carboxylic acids is 1. The summed E-state index contributed by atoms with van der Waals surface area (Å²) in [5.41, 5.74) is 0.0305. The van der Waals surface area contributed by atoms with Gasteiger partial charge in [0.25, 0.3) is 0 Å². The summed E-state index contributed by atoms with van der Waals surface area (Å²) in [5, 5.41) is 1.77. The first-order chi connectivity index (χ1) is 8.33. The summed E-state index contributed by atoms with van der Waals surface area (Å²) >= 11 is 5.84. The number of benzene rings is 1. The highest BCUT2D eigenvalue weighted by molar-refractivity contribution is 6.32. The summed E-state index contributed by atoms with van der Waals surface area (Å²) in [6, 6.07) is 0.584. The third kappa shape index (κ3) is 2.12. The Labute approximate surface area is 106 Å². The number of amides is 1. The van der Waals surface area contributed by atoms with Gasteiger partial charge in [0.1, 0.15) is 11.9 Å². The van der Waals surface area contributed by atoms with Crippen LogP contribution in [0.15, 0.2) is 12.1 Å². The summed E-state index contributed by atoms with van der Waals surface area (Å²) in [5.74, 6) is -4.32. The highest BCUT2D eigenvalue weighted by Crippen LogP contribution is 2.39. The van der Waals surface area contributed by atoms with Crippen molar-refractivity contribution in [2.75, 3.05) is 6.61 Å². The molecule has 7 heteroatoms. The lowest BCUT2D eigenvalue weighted by molar-refractivity contribution is -0.104. The molecule has 1 atom stereocenters. The Morgan fingerprint density at radius 3 is 2.83 bits per heavy atom. The van der Waals surface area contributed by atoms with Crippen LogP contribution < -0.4 is 5.32 Å². The third-order valence-corrected chi connectivity index (χ3v) is 3.19. The predicted octanol–water partition coefficient (Wildman–Crippen LogP) is 3.20. The maximum absolute atomic E-state index is 13.7. The van der Waals surface area contributed by atoms with Gasteiger partial charge in [-0.1, -0.05) is 17.7 Å². The average Bonchev–Trinajstić information content (AvgIpc) is 2.29. The molecule has 0 aromatic heterocycles. The topological polar surface area (TPSA) is 38.3 Å². The summed E-state index contributed by atoms with van der Waals surface area (Å²) in [6.07, 6.45) is -1.03. The molecule has 1 heterocycles. The van der Waals surface area contributed by atoms with Gasteiger partial charge < -0.3 is 10.1 Å². The predicted molar refractivity (Wildman–Crippen MR) is 58.3 cm³/mol. The Kier molecular flexibility index (Phi) is 3.14. The Morgan fingerprint density at radius 2 is 2.17 bits per heavy atom. The van der Waals surface area contributed by atoms with Gasteiger partial charge in [0, 0.05) is 5.56 Å². The number of nitrogens with one attached hydrogen (secondary N) is 1. The van der Waals surface area contributed by atoms with Gasteiger partial charge in [-0.3, -0.25) is 0 Å². The summed E-state index contributed by atoms with van der Waals surface area (Å²) < 4.78 is 45.2. The van der Waals surface area contributed by atoms with E-state index in [0.29, 0.717) is 5.56 Å². The van der Waals surface area contributed by atoms with E-state index in [-0.39, 0.29) is 5.02 Å². The second-order valence-corrected chi connectivity index (χ2v) is 4.38. The Hall–Kier alpha value is -1.43. The molecule has 0 aliphatic carbocycles. The number of halogens is 4. The molecule has 0 spiro atoms. The molecule has 1 aliphatic rings. The number of hydrogen-bond donors (Lipinski definition) is 1. The molecule has 0 saturated carbocycles. The van der Waals surface area contributed by atoms with Crippen molar-refractivity contribution in [2.45, 2.75) is 18.9 Å². The van der Waals surface area contributed by atoms with Crippen LogP contribution in [0, 0.1) is 12.7 Å². The van der Waals surface area contributed by atoms with Crippen LogP contribution >= 0.6 is 11.6 Å². The molecule has 1 fully saturated rings. The molecular weight excluding hydrogens is 271 g/mol. The van der Waals surface area contributed by atoms with Crippen LogP contribution in [0.25, 0.3) is 0 Å². The minimum Gasteiger partial charge on any atom is -0.443 e. The van der Waals surface area contributed by atoms with Crippen LogP contribution in [0.3, 0.4) is 0 Å². The van der Waals surface area contributed by atoms with Crippen LogP contribution in [0.2, 0.25) is 5.02 Å². The van der Waals surface area contributed by atoms with Gasteiger partial charge >= 0.3 is 12.0 Å². The molecule has 1 aromatic carbocycles. The van der Waals surface area contributed by atoms with Crippen LogP contribution in [0.4, 0.5) is 18.0 Å². The van der Waals surface area contributed by atoms with E-state index in [2.05, 4.69) is 4.74 Å². The summed E-state index contributed by atoms with van der Waals surface area (Å²) in [4.78, 5) is 11.0. The van der Waals surface area contributed by atoms with Crippen molar-refractivity contribution < 1.29 is 22.7 Å². The molecule has 1 aliphatic heterocycles. The average molecular weight is 280 g/mol. The van der Waals surface area contributed by atoms with E-state index < -0.39 is 36.0 Å². The number of cyclic esters (lactones) is 1. The highest BCUT2D eigenvalue weighted by atomic mass is 35.5. The first kappa shape index (κ1) is 13.0. The van der Waals surface area contributed by atoms with Crippen molar-refractivity contribution in [1.29, 1.82) is 0 Å². The van der Waals surface area contributed by atoms with Gasteiger partial charge in [0.05, 0.1) is 5.02 Å². The van der Waals surface area contributed by atoms with Crippen LogP contribution in [0.1, 0.15) is 17.2 Å². The van der Waals surface area contributed by atoms with E-state index in [0.717, 1.165) is 6.07 Å². The fourth-order valence-corrected chi connectivity index (χ4v) is 2.00. The fourth-order valence-electron chi connectivity index (χ4n) is 1.74. The second kappa shape index (κ2) is 4.35. The lowest BCUT2D eigenvalue weighted by atomic mass is 9.97. The summed E-state index contributed by atoms with van der Waals surface area (Å²) in [6.45, 7) is 0.456. The monoisotopic (exact) mass is 279 g/mol. The molecule has 0 bridgehead atoms. The lowest BCUT2D eigenvalue weighted by Gasteiger charge is -2.32. The van der Waals surface area contributed by atoms with E-state index in [1.54, 1.807) is 6.92 Å². The van der Waals surface area contributed by atoms with Gasteiger partial charge in [0.2, 0.25) is 0 Å². The van der Waals surface area contributed by atoms with Gasteiger partial charge in [-0.25, -0.2) is 18.0 Å². The number of carbonyl (C=O) groups is 1. The quantitative estimate of drug-likeness (QED) is 0.857. The maximum Gasteiger partial charge on any atom is 0.408 e. The molecule has 0 unspecified atom stereocenters. The van der Waals surface area contributed by atoms with Gasteiger partial charge in [0.15, 0.2) is 6.61 Å². The zero-order chi connectivity index (χ0) is 13.5. The summed E-state index contributed by atoms with van der Waals surface area (Å²) in [7, 11) is 0. The fraction of sp³-hybridized carbons (Fsp3) is 0.364. The number of hydrogen-bond acceptors (Lipinski definition) is 2.